The molecule has 210 valence electrons. The lowest BCUT2D eigenvalue weighted by atomic mass is 10.0. The maximum atomic E-state index is 16.6. The van der Waals surface area contributed by atoms with Crippen LogP contribution in [0.25, 0.3) is 32.2 Å². The number of hydrogen-bond acceptors (Lipinski definition) is 9. The maximum absolute atomic E-state index is 16.6. The summed E-state index contributed by atoms with van der Waals surface area (Å²) in [5.74, 6) is -2.98. The number of nitrogens with two attached hydrogens (primary N) is 1. The second kappa shape index (κ2) is 9.97. The molecule has 3 aromatic heterocycles. The van der Waals surface area contributed by atoms with Crippen molar-refractivity contribution in [2.45, 2.75) is 24.7 Å². The van der Waals surface area contributed by atoms with Gasteiger partial charge in [0, 0.05) is 41.7 Å². The number of nitrogens with one attached hydrogen (secondary N) is 1. The summed E-state index contributed by atoms with van der Waals surface area (Å²) in [5, 5.41) is 3.34. The summed E-state index contributed by atoms with van der Waals surface area (Å²) in [7, 11) is 0. The van der Waals surface area contributed by atoms with Gasteiger partial charge >= 0.3 is 6.01 Å². The van der Waals surface area contributed by atoms with Gasteiger partial charge in [-0.2, -0.15) is 9.97 Å². The van der Waals surface area contributed by atoms with Crippen LogP contribution in [0.4, 0.5) is 24.1 Å². The van der Waals surface area contributed by atoms with Crippen LogP contribution >= 0.6 is 22.9 Å². The van der Waals surface area contributed by atoms with E-state index in [1.807, 2.05) is 6.07 Å². The van der Waals surface area contributed by atoms with Crippen LogP contribution in [0.3, 0.4) is 0 Å². The van der Waals surface area contributed by atoms with Gasteiger partial charge in [-0.1, -0.05) is 35.1 Å². The molecular weight excluding hydrogens is 575 g/mol. The Morgan fingerprint density at radius 1 is 1.12 bits per heavy atom. The standard InChI is InChI=1S/C28H23ClF3N7OS/c29-17-11-16-24(21(30)20(17)15-3-1-5-19-23(15)36-26(33)41-19)37-27(40-18-4-2-8-35-22(18)14-6-7-14)38-25(16)39-10-9-34-12-28(31,32)13-39/h1-5,8,11,14,34H,6-7,9-10,12-13H2,(H2,33,36). The number of pyridine rings is 1. The first-order valence-electron chi connectivity index (χ1n) is 13.1. The SMILES string of the molecule is Nc1nc2c(-c3c(Cl)cc4c(N5CCNCC(F)(F)C5)nc(Oc5cccnc5C5CC5)nc4c3F)cccc2s1. The molecule has 0 spiro atoms. The van der Waals surface area contributed by atoms with Gasteiger partial charge in [0.2, 0.25) is 0 Å². The molecule has 0 radical (unpaired) electrons. The molecule has 1 saturated carbocycles. The number of anilines is 2. The number of para-hydroxylation sites is 1. The van der Waals surface area contributed by atoms with Gasteiger partial charge in [0.25, 0.3) is 5.92 Å². The van der Waals surface area contributed by atoms with E-state index >= 15 is 4.39 Å². The first-order valence-corrected chi connectivity index (χ1v) is 14.3. The lowest BCUT2D eigenvalue weighted by Crippen LogP contribution is -2.39. The quantitative estimate of drug-likeness (QED) is 0.240. The third-order valence-electron chi connectivity index (χ3n) is 7.18. The van der Waals surface area contributed by atoms with Crippen LogP contribution in [0.5, 0.6) is 11.8 Å². The zero-order valence-electron chi connectivity index (χ0n) is 21.5. The molecule has 41 heavy (non-hydrogen) atoms. The van der Waals surface area contributed by atoms with E-state index in [1.165, 1.54) is 22.3 Å². The molecule has 2 aromatic carbocycles. The van der Waals surface area contributed by atoms with Gasteiger partial charge < -0.3 is 20.7 Å². The summed E-state index contributed by atoms with van der Waals surface area (Å²) < 4.78 is 52.8. The summed E-state index contributed by atoms with van der Waals surface area (Å²) in [6.07, 6.45) is 3.64. The molecule has 0 atom stereocenters. The van der Waals surface area contributed by atoms with Crippen molar-refractivity contribution >= 4 is 55.0 Å². The number of halogens is 4. The molecular formula is C28H23ClF3N7OS. The van der Waals surface area contributed by atoms with E-state index in [4.69, 9.17) is 22.1 Å². The predicted octanol–water partition coefficient (Wildman–Crippen LogP) is 6.39. The highest BCUT2D eigenvalue weighted by atomic mass is 35.5. The molecule has 1 aliphatic carbocycles. The van der Waals surface area contributed by atoms with Crippen molar-refractivity contribution < 1.29 is 17.9 Å². The normalized spacial score (nSPS) is 17.2. The molecule has 5 aromatic rings. The zero-order valence-corrected chi connectivity index (χ0v) is 23.1. The second-order valence-electron chi connectivity index (χ2n) is 10.2. The van der Waals surface area contributed by atoms with Crippen LogP contribution in [0.15, 0.2) is 42.6 Å². The Morgan fingerprint density at radius 3 is 2.80 bits per heavy atom. The maximum Gasteiger partial charge on any atom is 0.324 e. The van der Waals surface area contributed by atoms with Crippen molar-refractivity contribution in [3.63, 3.8) is 0 Å². The van der Waals surface area contributed by atoms with Crippen molar-refractivity contribution in [2.24, 2.45) is 0 Å². The van der Waals surface area contributed by atoms with Crippen LogP contribution in [0.2, 0.25) is 5.02 Å². The van der Waals surface area contributed by atoms with Crippen molar-refractivity contribution in [3.8, 4) is 22.9 Å². The first-order chi connectivity index (χ1) is 19.8. The van der Waals surface area contributed by atoms with Crippen molar-refractivity contribution in [1.82, 2.24) is 25.3 Å². The van der Waals surface area contributed by atoms with Crippen LogP contribution in [-0.4, -0.2) is 52.0 Å². The van der Waals surface area contributed by atoms with E-state index in [-0.39, 0.29) is 52.3 Å². The monoisotopic (exact) mass is 597 g/mol. The van der Waals surface area contributed by atoms with Gasteiger partial charge in [-0.25, -0.2) is 18.2 Å². The van der Waals surface area contributed by atoms with Crippen LogP contribution < -0.4 is 20.7 Å². The molecule has 0 bridgehead atoms. The van der Waals surface area contributed by atoms with E-state index in [9.17, 15) is 8.78 Å². The van der Waals surface area contributed by atoms with E-state index < -0.39 is 24.8 Å². The average Bonchev–Trinajstić information content (AvgIpc) is 3.73. The molecule has 2 aliphatic rings. The number of benzene rings is 2. The summed E-state index contributed by atoms with van der Waals surface area (Å²) >= 11 is 7.99. The minimum Gasteiger partial charge on any atom is -0.422 e. The highest BCUT2D eigenvalue weighted by Gasteiger charge is 2.36. The average molecular weight is 598 g/mol. The Bertz CT molecular complexity index is 1810. The van der Waals surface area contributed by atoms with Gasteiger partial charge in [0.15, 0.2) is 16.7 Å². The summed E-state index contributed by atoms with van der Waals surface area (Å²) in [6, 6.07) is 10.1. The number of hydrogen-bond donors (Lipinski definition) is 2. The Hall–Kier alpha value is -3.74. The fraction of sp³-hybridized carbons (Fsp3) is 0.286. The van der Waals surface area contributed by atoms with Gasteiger partial charge in [-0.15, -0.1) is 0 Å². The molecule has 0 amide bonds. The summed E-state index contributed by atoms with van der Waals surface area (Å²) in [6.45, 7) is -0.604. The van der Waals surface area contributed by atoms with E-state index in [0.29, 0.717) is 22.0 Å². The smallest absolute Gasteiger partial charge is 0.324 e. The number of nitrogen functional groups attached to an aromatic ring is 1. The Kier molecular flexibility index (Phi) is 6.36. The molecule has 1 saturated heterocycles. The number of fused-ring (bicyclic) bond motifs is 2. The Morgan fingerprint density at radius 2 is 1.98 bits per heavy atom. The highest BCUT2D eigenvalue weighted by Crippen LogP contribution is 2.45. The fourth-order valence-corrected chi connectivity index (χ4v) is 6.25. The van der Waals surface area contributed by atoms with Crippen LogP contribution in [-0.2, 0) is 0 Å². The highest BCUT2D eigenvalue weighted by molar-refractivity contribution is 7.22. The molecule has 0 unspecified atom stereocenters. The van der Waals surface area contributed by atoms with Crippen molar-refractivity contribution in [2.75, 3.05) is 36.8 Å². The van der Waals surface area contributed by atoms with Crippen molar-refractivity contribution in [3.05, 3.63) is 59.1 Å². The van der Waals surface area contributed by atoms with Gasteiger partial charge in [0.1, 0.15) is 11.3 Å². The number of alkyl halides is 2. The molecule has 3 N–H and O–H groups in total. The second-order valence-corrected chi connectivity index (χ2v) is 11.7. The van der Waals surface area contributed by atoms with Gasteiger partial charge in [-0.3, -0.25) is 4.98 Å². The largest absolute Gasteiger partial charge is 0.422 e. The Balaban J connectivity index is 1.44. The lowest BCUT2D eigenvalue weighted by molar-refractivity contribution is 0.0156. The van der Waals surface area contributed by atoms with E-state index in [2.05, 4.69) is 25.3 Å². The Labute approximate surface area is 241 Å². The number of ether oxygens (including phenoxy) is 1. The van der Waals surface area contributed by atoms with E-state index in [0.717, 1.165) is 23.2 Å². The molecule has 4 heterocycles. The van der Waals surface area contributed by atoms with Crippen LogP contribution in [0.1, 0.15) is 24.5 Å². The van der Waals surface area contributed by atoms with Gasteiger partial charge in [0.05, 0.1) is 34.0 Å². The summed E-state index contributed by atoms with van der Waals surface area (Å²) in [5.41, 5.74) is 7.61. The molecule has 7 rings (SSSR count). The minimum atomic E-state index is -3.04. The van der Waals surface area contributed by atoms with E-state index in [1.54, 1.807) is 30.5 Å². The lowest BCUT2D eigenvalue weighted by Gasteiger charge is -2.26. The minimum absolute atomic E-state index is 0.0653. The first kappa shape index (κ1) is 26.2. The molecule has 13 heteroatoms. The van der Waals surface area contributed by atoms with Gasteiger partial charge in [-0.05, 0) is 37.1 Å². The number of rotatable bonds is 5. The number of nitrogens with zero attached hydrogens (tertiary/aromatic N) is 5. The number of aromatic nitrogens is 4. The summed E-state index contributed by atoms with van der Waals surface area (Å²) in [4.78, 5) is 19.2. The predicted molar refractivity (Wildman–Crippen MR) is 154 cm³/mol. The van der Waals surface area contributed by atoms with Crippen LogP contribution in [0, 0.1) is 5.82 Å². The topological polar surface area (TPSA) is 102 Å². The fourth-order valence-electron chi connectivity index (χ4n) is 5.19. The zero-order chi connectivity index (χ0) is 28.3. The molecule has 2 fully saturated rings. The molecule has 1 aliphatic heterocycles. The molecule has 8 nitrogen and oxygen atoms in total. The number of thiazole rings is 1. The van der Waals surface area contributed by atoms with Crippen molar-refractivity contribution in [1.29, 1.82) is 0 Å². The third-order valence-corrected chi connectivity index (χ3v) is 8.32. The third kappa shape index (κ3) is 4.89.